The minimum atomic E-state index is -0.654. The Kier molecular flexibility index (Phi) is 5.57. The van der Waals surface area contributed by atoms with Gasteiger partial charge >= 0.3 is 5.97 Å². The lowest BCUT2D eigenvalue weighted by molar-refractivity contribution is -0.151. The monoisotopic (exact) mass is 308 g/mol. The molecule has 7 nitrogen and oxygen atoms in total. The molecule has 1 atom stereocenters. The fourth-order valence-electron chi connectivity index (χ4n) is 2.35. The van der Waals surface area contributed by atoms with Gasteiger partial charge in [-0.3, -0.25) is 14.4 Å². The molecule has 1 aliphatic rings. The van der Waals surface area contributed by atoms with E-state index in [1.165, 1.54) is 12.3 Å². The SMILES string of the molecule is C[C@H]1CCCN(C(=O)COC(=O)CNC(=O)c2ccco2)C1. The fraction of sp³-hybridized carbons (Fsp3) is 0.533. The van der Waals surface area contributed by atoms with Gasteiger partial charge in [-0.15, -0.1) is 0 Å². The van der Waals surface area contributed by atoms with Gasteiger partial charge in [-0.2, -0.15) is 0 Å². The molecule has 1 fully saturated rings. The van der Waals surface area contributed by atoms with Gasteiger partial charge in [0.15, 0.2) is 12.4 Å². The average molecular weight is 308 g/mol. The summed E-state index contributed by atoms with van der Waals surface area (Å²) in [5.41, 5.74) is 0. The number of hydrogen-bond acceptors (Lipinski definition) is 5. The smallest absolute Gasteiger partial charge is 0.325 e. The van der Waals surface area contributed by atoms with Crippen molar-refractivity contribution < 1.29 is 23.5 Å². The van der Waals surface area contributed by atoms with Crippen molar-refractivity contribution in [3.8, 4) is 0 Å². The third-order valence-electron chi connectivity index (χ3n) is 3.50. The Hall–Kier alpha value is -2.31. The molecule has 2 amide bonds. The number of esters is 1. The Labute approximate surface area is 128 Å². The quantitative estimate of drug-likeness (QED) is 0.813. The number of carbonyl (C=O) groups is 3. The molecule has 0 spiro atoms. The summed E-state index contributed by atoms with van der Waals surface area (Å²) in [5.74, 6) is -0.763. The van der Waals surface area contributed by atoms with E-state index in [9.17, 15) is 14.4 Å². The van der Waals surface area contributed by atoms with Crippen molar-refractivity contribution in [3.63, 3.8) is 0 Å². The van der Waals surface area contributed by atoms with Crippen molar-refractivity contribution in [2.45, 2.75) is 19.8 Å². The van der Waals surface area contributed by atoms with Crippen LogP contribution in [0.3, 0.4) is 0 Å². The molecule has 1 aromatic rings. The number of piperidine rings is 1. The molecule has 1 aromatic heterocycles. The summed E-state index contributed by atoms with van der Waals surface area (Å²) in [6.45, 7) is 2.91. The largest absolute Gasteiger partial charge is 0.459 e. The van der Waals surface area contributed by atoms with Gasteiger partial charge < -0.3 is 19.4 Å². The standard InChI is InChI=1S/C15H20N2O5/c1-11-4-2-6-17(9-11)13(18)10-22-14(19)8-16-15(20)12-5-3-7-21-12/h3,5,7,11H,2,4,6,8-10H2,1H3,(H,16,20)/t11-/m0/s1. The van der Waals surface area contributed by atoms with Crippen LogP contribution in [0.4, 0.5) is 0 Å². The summed E-state index contributed by atoms with van der Waals surface area (Å²) in [6.07, 6.45) is 3.45. The van der Waals surface area contributed by atoms with E-state index in [0.29, 0.717) is 19.0 Å². The number of nitrogens with zero attached hydrogens (tertiary/aromatic N) is 1. The van der Waals surface area contributed by atoms with E-state index in [1.54, 1.807) is 11.0 Å². The maximum absolute atomic E-state index is 11.9. The summed E-state index contributed by atoms with van der Waals surface area (Å²) in [6, 6.07) is 3.06. The lowest BCUT2D eigenvalue weighted by Gasteiger charge is -2.30. The van der Waals surface area contributed by atoms with Crippen molar-refractivity contribution >= 4 is 17.8 Å². The van der Waals surface area contributed by atoms with E-state index in [4.69, 9.17) is 9.15 Å². The van der Waals surface area contributed by atoms with Crippen molar-refractivity contribution in [2.75, 3.05) is 26.2 Å². The number of hydrogen-bond donors (Lipinski definition) is 1. The zero-order chi connectivity index (χ0) is 15.9. The number of nitrogens with one attached hydrogen (secondary N) is 1. The number of ether oxygens (including phenoxy) is 1. The normalized spacial score (nSPS) is 17.9. The summed E-state index contributed by atoms with van der Waals surface area (Å²) >= 11 is 0. The lowest BCUT2D eigenvalue weighted by Crippen LogP contribution is -2.42. The van der Waals surface area contributed by atoms with Gasteiger partial charge in [0.1, 0.15) is 6.54 Å². The highest BCUT2D eigenvalue weighted by Gasteiger charge is 2.21. The van der Waals surface area contributed by atoms with Crippen molar-refractivity contribution in [1.29, 1.82) is 0 Å². The van der Waals surface area contributed by atoms with Crippen LogP contribution in [0.1, 0.15) is 30.3 Å². The Morgan fingerprint density at radius 1 is 1.45 bits per heavy atom. The summed E-state index contributed by atoms with van der Waals surface area (Å²) in [7, 11) is 0. The van der Waals surface area contributed by atoms with E-state index in [2.05, 4.69) is 12.2 Å². The number of amides is 2. The highest BCUT2D eigenvalue weighted by Crippen LogP contribution is 2.15. The van der Waals surface area contributed by atoms with Gasteiger partial charge in [0.2, 0.25) is 0 Å². The fourth-order valence-corrected chi connectivity index (χ4v) is 2.35. The molecule has 1 saturated heterocycles. The molecule has 1 aliphatic heterocycles. The van der Waals surface area contributed by atoms with E-state index in [-0.39, 0.29) is 24.8 Å². The minimum absolute atomic E-state index is 0.117. The van der Waals surface area contributed by atoms with Crippen LogP contribution in [0, 0.1) is 5.92 Å². The predicted octanol–water partition coefficient (Wildman–Crippen LogP) is 0.811. The molecule has 1 N–H and O–H groups in total. The van der Waals surface area contributed by atoms with Gasteiger partial charge in [0.05, 0.1) is 6.26 Å². The predicted molar refractivity (Wildman–Crippen MR) is 77.0 cm³/mol. The summed E-state index contributed by atoms with van der Waals surface area (Å²) < 4.78 is 9.77. The molecule has 0 aliphatic carbocycles. The first-order valence-corrected chi connectivity index (χ1v) is 7.31. The zero-order valence-electron chi connectivity index (χ0n) is 12.5. The van der Waals surface area contributed by atoms with Gasteiger partial charge in [-0.1, -0.05) is 6.92 Å². The summed E-state index contributed by atoms with van der Waals surface area (Å²) in [5, 5.41) is 2.36. The van der Waals surface area contributed by atoms with E-state index in [1.807, 2.05) is 0 Å². The topological polar surface area (TPSA) is 88.9 Å². The molecule has 0 aromatic carbocycles. The van der Waals surface area contributed by atoms with Crippen molar-refractivity contribution in [3.05, 3.63) is 24.2 Å². The first-order chi connectivity index (χ1) is 10.6. The second kappa shape index (κ2) is 7.63. The Morgan fingerprint density at radius 2 is 2.27 bits per heavy atom. The molecule has 0 radical (unpaired) electrons. The molecule has 0 bridgehead atoms. The first-order valence-electron chi connectivity index (χ1n) is 7.31. The lowest BCUT2D eigenvalue weighted by atomic mass is 10.0. The van der Waals surface area contributed by atoms with E-state index >= 15 is 0 Å². The van der Waals surface area contributed by atoms with Gasteiger partial charge in [0, 0.05) is 13.1 Å². The number of rotatable bonds is 5. The highest BCUT2D eigenvalue weighted by atomic mass is 16.5. The molecular weight excluding hydrogens is 288 g/mol. The van der Waals surface area contributed by atoms with Crippen molar-refractivity contribution in [2.24, 2.45) is 5.92 Å². The highest BCUT2D eigenvalue weighted by molar-refractivity contribution is 5.93. The van der Waals surface area contributed by atoms with E-state index < -0.39 is 11.9 Å². The van der Waals surface area contributed by atoms with Crippen LogP contribution < -0.4 is 5.32 Å². The molecule has 22 heavy (non-hydrogen) atoms. The van der Waals surface area contributed by atoms with E-state index in [0.717, 1.165) is 12.8 Å². The number of carbonyl (C=O) groups excluding carboxylic acids is 3. The van der Waals surface area contributed by atoms with Crippen LogP contribution in [0.15, 0.2) is 22.8 Å². The number of likely N-dealkylation sites (tertiary alicyclic amines) is 1. The second-order valence-electron chi connectivity index (χ2n) is 5.41. The maximum atomic E-state index is 11.9. The molecule has 120 valence electrons. The Bertz CT molecular complexity index is 526. The average Bonchev–Trinajstić information content (AvgIpc) is 3.04. The first kappa shape index (κ1) is 16.1. The molecule has 2 rings (SSSR count). The molecule has 0 unspecified atom stereocenters. The molecule has 2 heterocycles. The van der Waals surface area contributed by atoms with Crippen LogP contribution >= 0.6 is 0 Å². The van der Waals surface area contributed by atoms with Crippen LogP contribution in [0.5, 0.6) is 0 Å². The molecule has 7 heteroatoms. The third kappa shape index (κ3) is 4.61. The Morgan fingerprint density at radius 3 is 2.95 bits per heavy atom. The van der Waals surface area contributed by atoms with Crippen LogP contribution in [-0.2, 0) is 14.3 Å². The zero-order valence-corrected chi connectivity index (χ0v) is 12.5. The van der Waals surface area contributed by atoms with Gasteiger partial charge in [-0.25, -0.2) is 0 Å². The second-order valence-corrected chi connectivity index (χ2v) is 5.41. The van der Waals surface area contributed by atoms with Crippen molar-refractivity contribution in [1.82, 2.24) is 10.2 Å². The van der Waals surface area contributed by atoms with Crippen LogP contribution in [-0.4, -0.2) is 48.9 Å². The third-order valence-corrected chi connectivity index (χ3v) is 3.50. The van der Waals surface area contributed by atoms with Gasteiger partial charge in [-0.05, 0) is 30.9 Å². The summed E-state index contributed by atoms with van der Waals surface area (Å²) in [4.78, 5) is 36.7. The molecular formula is C15H20N2O5. The minimum Gasteiger partial charge on any atom is -0.459 e. The number of furan rings is 1. The maximum Gasteiger partial charge on any atom is 0.325 e. The molecule has 0 saturated carbocycles. The van der Waals surface area contributed by atoms with Gasteiger partial charge in [0.25, 0.3) is 11.8 Å². The Balaban J connectivity index is 1.67. The van der Waals surface area contributed by atoms with Crippen LogP contribution in [0.25, 0.3) is 0 Å². The van der Waals surface area contributed by atoms with Crippen LogP contribution in [0.2, 0.25) is 0 Å².